The third-order valence-electron chi connectivity index (χ3n) is 5.22. The van der Waals surface area contributed by atoms with E-state index >= 15 is 4.39 Å². The highest BCUT2D eigenvalue weighted by Gasteiger charge is 2.26. The van der Waals surface area contributed by atoms with Gasteiger partial charge in [0.2, 0.25) is 15.8 Å². The third kappa shape index (κ3) is 4.40. The summed E-state index contributed by atoms with van der Waals surface area (Å²) in [4.78, 5) is 20.3. The second-order valence-corrected chi connectivity index (χ2v) is 9.42. The normalized spacial score (nSPS) is 11.4. The number of pyridine rings is 1. The molecule has 2 aromatic heterocycles. The molecule has 0 atom stereocenters. The zero-order chi connectivity index (χ0) is 24.5. The van der Waals surface area contributed by atoms with Crippen LogP contribution >= 0.6 is 0 Å². The molecule has 0 aliphatic heterocycles. The maximum Gasteiger partial charge on any atom is 0.232 e. The molecule has 0 saturated heterocycles. The van der Waals surface area contributed by atoms with E-state index < -0.39 is 38.7 Å². The Bertz CT molecular complexity index is 1550. The number of terminal acetylenes is 1. The molecule has 0 saturated carbocycles. The van der Waals surface area contributed by atoms with Crippen LogP contribution in [0.1, 0.15) is 34.8 Å². The topological polar surface area (TPSA) is 91.9 Å². The number of hydrogen-bond acceptors (Lipinski definition) is 4. The average Bonchev–Trinajstić information content (AvgIpc) is 3.24. The minimum absolute atomic E-state index is 0.00374. The Morgan fingerprint density at radius 2 is 1.88 bits per heavy atom. The molecule has 2 aromatic carbocycles. The van der Waals surface area contributed by atoms with E-state index in [9.17, 15) is 17.6 Å². The minimum Gasteiger partial charge on any atom is -0.345 e. The lowest BCUT2D eigenvalue weighted by atomic mass is 9.99. The van der Waals surface area contributed by atoms with Gasteiger partial charge >= 0.3 is 0 Å². The molecule has 0 spiro atoms. The smallest absolute Gasteiger partial charge is 0.232 e. The Labute approximate surface area is 195 Å². The Morgan fingerprint density at radius 1 is 1.15 bits per heavy atom. The van der Waals surface area contributed by atoms with Gasteiger partial charge in [0.25, 0.3) is 0 Å². The fraction of sp³-hybridized carbons (Fsp3) is 0.120. The fourth-order valence-corrected chi connectivity index (χ4v) is 4.70. The summed E-state index contributed by atoms with van der Waals surface area (Å²) in [7, 11) is -3.84. The van der Waals surface area contributed by atoms with Crippen molar-refractivity contribution in [1.29, 1.82) is 0 Å². The highest BCUT2D eigenvalue weighted by molar-refractivity contribution is 7.92. The lowest BCUT2D eigenvalue weighted by Crippen LogP contribution is -2.18. The number of sulfonamides is 1. The first-order chi connectivity index (χ1) is 16.2. The number of nitrogens with one attached hydrogen (secondary N) is 2. The van der Waals surface area contributed by atoms with E-state index in [2.05, 4.69) is 20.6 Å². The van der Waals surface area contributed by atoms with Crippen molar-refractivity contribution < 1.29 is 22.0 Å². The molecule has 172 valence electrons. The predicted molar refractivity (Wildman–Crippen MR) is 127 cm³/mol. The first-order valence-electron chi connectivity index (χ1n) is 10.3. The number of carbonyl (C=O) groups excluding carboxylic acids is 1. The number of halogens is 2. The summed E-state index contributed by atoms with van der Waals surface area (Å²) in [6.45, 7) is 1.65. The molecule has 6 nitrogen and oxygen atoms in total. The Balaban J connectivity index is 1.77. The molecule has 4 aromatic rings. The van der Waals surface area contributed by atoms with Gasteiger partial charge in [-0.3, -0.25) is 9.52 Å². The number of anilines is 1. The van der Waals surface area contributed by atoms with Crippen LogP contribution in [0, 0.1) is 24.0 Å². The van der Waals surface area contributed by atoms with Crippen molar-refractivity contribution >= 4 is 32.5 Å². The van der Waals surface area contributed by atoms with E-state index in [1.54, 1.807) is 43.5 Å². The molecule has 0 unspecified atom stereocenters. The SMILES string of the molecule is C#Cc1ccc(-c2cnc3[nH]cc(C(=O)c4c(F)ccc(NS(=O)(=O)CCC)c4F)c3c2)cc1. The molecule has 2 N–H and O–H groups in total. The van der Waals surface area contributed by atoms with Gasteiger partial charge < -0.3 is 4.98 Å². The highest BCUT2D eigenvalue weighted by atomic mass is 32.2. The Morgan fingerprint density at radius 3 is 2.56 bits per heavy atom. The molecule has 34 heavy (non-hydrogen) atoms. The van der Waals surface area contributed by atoms with Crippen molar-refractivity contribution in [2.75, 3.05) is 10.5 Å². The lowest BCUT2D eigenvalue weighted by Gasteiger charge is -2.11. The number of carbonyl (C=O) groups is 1. The Kier molecular flexibility index (Phi) is 6.18. The van der Waals surface area contributed by atoms with Gasteiger partial charge in [0, 0.05) is 34.5 Å². The van der Waals surface area contributed by atoms with E-state index in [4.69, 9.17) is 6.42 Å². The summed E-state index contributed by atoms with van der Waals surface area (Å²) in [6, 6.07) is 10.6. The summed E-state index contributed by atoms with van der Waals surface area (Å²) in [5.41, 5.74) is 1.16. The summed E-state index contributed by atoms with van der Waals surface area (Å²) in [5, 5.41) is 0.360. The van der Waals surface area contributed by atoms with Gasteiger partial charge in [-0.2, -0.15) is 0 Å². The summed E-state index contributed by atoms with van der Waals surface area (Å²) in [5.74, 6) is -1.05. The molecular formula is C25H19F2N3O3S. The van der Waals surface area contributed by atoms with Crippen molar-refractivity contribution in [2.24, 2.45) is 0 Å². The molecule has 0 aliphatic carbocycles. The number of rotatable bonds is 7. The summed E-state index contributed by atoms with van der Waals surface area (Å²) >= 11 is 0. The van der Waals surface area contributed by atoms with E-state index in [-0.39, 0.29) is 11.3 Å². The van der Waals surface area contributed by atoms with Crippen LogP contribution in [0.3, 0.4) is 0 Å². The number of aromatic nitrogens is 2. The van der Waals surface area contributed by atoms with Gasteiger partial charge in [0.1, 0.15) is 11.5 Å². The van der Waals surface area contributed by atoms with E-state index in [1.807, 2.05) is 0 Å². The van der Waals surface area contributed by atoms with Gasteiger partial charge in [-0.25, -0.2) is 22.2 Å². The molecule has 0 bridgehead atoms. The van der Waals surface area contributed by atoms with E-state index in [1.165, 1.54) is 6.20 Å². The first kappa shape index (κ1) is 23.1. The quantitative estimate of drug-likeness (QED) is 0.292. The van der Waals surface area contributed by atoms with Gasteiger partial charge in [-0.1, -0.05) is 25.0 Å². The summed E-state index contributed by atoms with van der Waals surface area (Å²) < 4.78 is 55.9. The fourth-order valence-electron chi connectivity index (χ4n) is 3.57. The molecule has 9 heteroatoms. The molecule has 4 rings (SSSR count). The maximum absolute atomic E-state index is 15.1. The lowest BCUT2D eigenvalue weighted by molar-refractivity contribution is 0.103. The number of hydrogen-bond donors (Lipinski definition) is 2. The van der Waals surface area contributed by atoms with Crippen molar-refractivity contribution in [3.63, 3.8) is 0 Å². The molecule has 0 amide bonds. The predicted octanol–water partition coefficient (Wildman–Crippen LogP) is 4.87. The van der Waals surface area contributed by atoms with Crippen LogP contribution in [-0.2, 0) is 10.0 Å². The first-order valence-corrected chi connectivity index (χ1v) is 12.0. The number of H-pyrrole nitrogens is 1. The van der Waals surface area contributed by atoms with E-state index in [0.717, 1.165) is 17.7 Å². The number of benzene rings is 2. The van der Waals surface area contributed by atoms with E-state index in [0.29, 0.717) is 28.6 Å². The minimum atomic E-state index is -3.84. The van der Waals surface area contributed by atoms with Crippen LogP contribution in [0.25, 0.3) is 22.2 Å². The number of fused-ring (bicyclic) bond motifs is 1. The second kappa shape index (κ2) is 9.08. The molecular weight excluding hydrogens is 460 g/mol. The van der Waals surface area contributed by atoms with Crippen LogP contribution < -0.4 is 4.72 Å². The third-order valence-corrected chi connectivity index (χ3v) is 6.69. The largest absolute Gasteiger partial charge is 0.345 e. The Hall–Kier alpha value is -4.03. The van der Waals surface area contributed by atoms with Crippen molar-refractivity contribution in [1.82, 2.24) is 9.97 Å². The number of aromatic amines is 1. The zero-order valence-electron chi connectivity index (χ0n) is 18.0. The van der Waals surface area contributed by atoms with Gasteiger partial charge in [-0.15, -0.1) is 6.42 Å². The van der Waals surface area contributed by atoms with Crippen LogP contribution in [0.2, 0.25) is 0 Å². The maximum atomic E-state index is 15.1. The van der Waals surface area contributed by atoms with Crippen molar-refractivity contribution in [3.8, 4) is 23.5 Å². The standard InChI is InChI=1S/C25H19F2N3O3S/c1-3-11-34(32,33)30-21-10-9-20(26)22(23(21)27)24(31)19-14-29-25-18(19)12-17(13-28-25)16-7-5-15(4-2)6-8-16/h2,5-10,12-14,30H,3,11H2,1H3,(H,28,29). The number of nitrogens with zero attached hydrogens (tertiary/aromatic N) is 1. The second-order valence-electron chi connectivity index (χ2n) is 7.58. The summed E-state index contributed by atoms with van der Waals surface area (Å²) in [6.07, 6.45) is 8.61. The van der Waals surface area contributed by atoms with Crippen molar-refractivity contribution in [2.45, 2.75) is 13.3 Å². The van der Waals surface area contributed by atoms with Crippen LogP contribution in [0.5, 0.6) is 0 Å². The van der Waals surface area contributed by atoms with Crippen LogP contribution in [0.4, 0.5) is 14.5 Å². The van der Waals surface area contributed by atoms with Gasteiger partial charge in [0.05, 0.1) is 17.0 Å². The molecule has 2 heterocycles. The van der Waals surface area contributed by atoms with Gasteiger partial charge in [0.15, 0.2) is 5.82 Å². The number of ketones is 1. The molecule has 0 fully saturated rings. The molecule has 0 aliphatic rings. The molecule has 0 radical (unpaired) electrons. The monoisotopic (exact) mass is 479 g/mol. The van der Waals surface area contributed by atoms with Gasteiger partial charge in [-0.05, 0) is 42.3 Å². The average molecular weight is 480 g/mol. The zero-order valence-corrected chi connectivity index (χ0v) is 18.8. The van der Waals surface area contributed by atoms with Crippen molar-refractivity contribution in [3.05, 3.63) is 83.2 Å². The highest BCUT2D eigenvalue weighted by Crippen LogP contribution is 2.29. The van der Waals surface area contributed by atoms with Crippen LogP contribution in [0.15, 0.2) is 54.9 Å². The van der Waals surface area contributed by atoms with Crippen LogP contribution in [-0.4, -0.2) is 29.9 Å².